The van der Waals surface area contributed by atoms with Crippen molar-refractivity contribution in [1.82, 2.24) is 0 Å². The predicted octanol–water partition coefficient (Wildman–Crippen LogP) is 3.02. The lowest BCUT2D eigenvalue weighted by Crippen LogP contribution is -2.12. The summed E-state index contributed by atoms with van der Waals surface area (Å²) >= 11 is 0. The van der Waals surface area contributed by atoms with Gasteiger partial charge in [-0.25, -0.2) is 5.11 Å². The Hall–Kier alpha value is -0.0400. The molecule has 61 valence electrons. The number of unbranched alkanes of at least 4 members (excludes halogenated alkanes) is 1. The lowest BCUT2D eigenvalue weighted by Gasteiger charge is -2.22. The first kappa shape index (κ1) is 9.96. The van der Waals surface area contributed by atoms with Crippen LogP contribution in [0.2, 0.25) is 0 Å². The van der Waals surface area contributed by atoms with Gasteiger partial charge in [-0.2, -0.15) is 0 Å². The Balaban J connectivity index is 3.42. The summed E-state index contributed by atoms with van der Waals surface area (Å²) in [5.74, 6) is 0. The van der Waals surface area contributed by atoms with Crippen LogP contribution in [0.5, 0.6) is 0 Å². The van der Waals surface area contributed by atoms with Gasteiger partial charge in [0.05, 0.1) is 6.61 Å². The molecule has 0 aromatic carbocycles. The van der Waals surface area contributed by atoms with Gasteiger partial charge >= 0.3 is 0 Å². The first-order valence-corrected chi connectivity index (χ1v) is 4.20. The third kappa shape index (κ3) is 4.80. The molecule has 10 heavy (non-hydrogen) atoms. The Labute approximate surface area is 64.5 Å². The molecule has 0 aromatic rings. The molecule has 1 nitrogen and oxygen atoms in total. The molecule has 0 bridgehead atoms. The number of rotatable bonds is 5. The zero-order chi connectivity index (χ0) is 8.04. The normalized spacial score (nSPS) is 12.0. The molecule has 0 aliphatic heterocycles. The minimum Gasteiger partial charge on any atom is -0.237 e. The maximum atomic E-state index is 10.3. The number of hydrogen-bond donors (Lipinski definition) is 0. The highest BCUT2D eigenvalue weighted by Gasteiger charge is 2.15. The fraction of sp³-hybridized carbons (Fsp3) is 1.00. The Kier molecular flexibility index (Phi) is 4.71. The second-order valence-electron chi connectivity index (χ2n) is 3.72. The van der Waals surface area contributed by atoms with Crippen molar-refractivity contribution < 1.29 is 5.11 Å². The molecule has 0 N–H and O–H groups in total. The summed E-state index contributed by atoms with van der Waals surface area (Å²) in [5, 5.41) is 10.3. The molecule has 0 aliphatic rings. The highest BCUT2D eigenvalue weighted by molar-refractivity contribution is 4.67. The van der Waals surface area contributed by atoms with Gasteiger partial charge in [0.15, 0.2) is 0 Å². The molecule has 1 heteroatoms. The Morgan fingerprint density at radius 3 is 2.20 bits per heavy atom. The summed E-state index contributed by atoms with van der Waals surface area (Å²) in [4.78, 5) is 0. The molecule has 0 saturated heterocycles. The van der Waals surface area contributed by atoms with Gasteiger partial charge in [-0.1, -0.05) is 33.6 Å². The van der Waals surface area contributed by atoms with Crippen molar-refractivity contribution in [2.24, 2.45) is 5.41 Å². The van der Waals surface area contributed by atoms with Crippen LogP contribution in [0.3, 0.4) is 0 Å². The van der Waals surface area contributed by atoms with Gasteiger partial charge < -0.3 is 0 Å². The number of hydrogen-bond acceptors (Lipinski definition) is 0. The van der Waals surface area contributed by atoms with E-state index >= 15 is 0 Å². The molecule has 0 atom stereocenters. The van der Waals surface area contributed by atoms with E-state index in [2.05, 4.69) is 20.8 Å². The largest absolute Gasteiger partial charge is 0.237 e. The molecule has 0 heterocycles. The van der Waals surface area contributed by atoms with E-state index in [9.17, 15) is 5.11 Å². The van der Waals surface area contributed by atoms with Crippen molar-refractivity contribution in [3.8, 4) is 0 Å². The van der Waals surface area contributed by atoms with Crippen LogP contribution in [-0.4, -0.2) is 6.61 Å². The molecule has 0 spiro atoms. The van der Waals surface area contributed by atoms with E-state index in [0.717, 1.165) is 6.42 Å². The highest BCUT2D eigenvalue weighted by Crippen LogP contribution is 2.26. The van der Waals surface area contributed by atoms with Crippen LogP contribution in [0.15, 0.2) is 0 Å². The van der Waals surface area contributed by atoms with Gasteiger partial charge in [0.1, 0.15) is 0 Å². The Morgan fingerprint density at radius 1 is 1.20 bits per heavy atom. The average molecular weight is 143 g/mol. The lowest BCUT2D eigenvalue weighted by atomic mass is 9.84. The van der Waals surface area contributed by atoms with Gasteiger partial charge in [-0.3, -0.25) is 0 Å². The summed E-state index contributed by atoms with van der Waals surface area (Å²) in [6, 6.07) is 0. The molecule has 0 aromatic heterocycles. The fourth-order valence-corrected chi connectivity index (χ4v) is 1.06. The molecular formula is C9H19O. The molecule has 1 radical (unpaired) electrons. The van der Waals surface area contributed by atoms with Crippen molar-refractivity contribution in [3.63, 3.8) is 0 Å². The van der Waals surface area contributed by atoms with Crippen molar-refractivity contribution in [1.29, 1.82) is 0 Å². The van der Waals surface area contributed by atoms with Crippen LogP contribution in [0.4, 0.5) is 0 Å². The lowest BCUT2D eigenvalue weighted by molar-refractivity contribution is 0.138. The monoisotopic (exact) mass is 143 g/mol. The third-order valence-electron chi connectivity index (χ3n) is 1.99. The van der Waals surface area contributed by atoms with E-state index in [0.29, 0.717) is 0 Å². The average Bonchev–Trinajstić information content (AvgIpc) is 1.84. The minimum atomic E-state index is 0.0801. The zero-order valence-corrected chi connectivity index (χ0v) is 7.44. The van der Waals surface area contributed by atoms with Crippen molar-refractivity contribution in [2.45, 2.75) is 46.5 Å². The van der Waals surface area contributed by atoms with Gasteiger partial charge in [-0.05, 0) is 18.3 Å². The summed E-state index contributed by atoms with van der Waals surface area (Å²) in [7, 11) is 0. The van der Waals surface area contributed by atoms with E-state index in [1.54, 1.807) is 0 Å². The van der Waals surface area contributed by atoms with E-state index in [4.69, 9.17) is 0 Å². The van der Waals surface area contributed by atoms with E-state index in [1.165, 1.54) is 19.3 Å². The maximum Gasteiger partial charge on any atom is 0.0827 e. The summed E-state index contributed by atoms with van der Waals surface area (Å²) < 4.78 is 0. The minimum absolute atomic E-state index is 0.0801. The molecule has 0 saturated carbocycles. The first-order chi connectivity index (χ1) is 4.62. The van der Waals surface area contributed by atoms with E-state index in [-0.39, 0.29) is 12.0 Å². The molecule has 0 amide bonds. The molecule has 0 aliphatic carbocycles. The van der Waals surface area contributed by atoms with E-state index in [1.807, 2.05) is 0 Å². The zero-order valence-electron chi connectivity index (χ0n) is 7.44. The van der Waals surface area contributed by atoms with Crippen LogP contribution in [-0.2, 0) is 5.11 Å². The second kappa shape index (κ2) is 4.73. The summed E-state index contributed by atoms with van der Waals surface area (Å²) in [6.45, 7) is 6.63. The van der Waals surface area contributed by atoms with Crippen LogP contribution >= 0.6 is 0 Å². The molecule has 0 fully saturated rings. The maximum absolute atomic E-state index is 10.3. The van der Waals surface area contributed by atoms with Crippen LogP contribution in [0, 0.1) is 5.41 Å². The van der Waals surface area contributed by atoms with E-state index < -0.39 is 0 Å². The van der Waals surface area contributed by atoms with Crippen LogP contribution in [0.25, 0.3) is 0 Å². The molecular weight excluding hydrogens is 124 g/mol. The third-order valence-corrected chi connectivity index (χ3v) is 1.99. The van der Waals surface area contributed by atoms with Gasteiger partial charge in [0, 0.05) is 0 Å². The Bertz CT molecular complexity index is 76.8. The summed E-state index contributed by atoms with van der Waals surface area (Å²) in [5.41, 5.74) is 0.289. The van der Waals surface area contributed by atoms with Crippen LogP contribution in [0.1, 0.15) is 46.5 Å². The second-order valence-corrected chi connectivity index (χ2v) is 3.72. The van der Waals surface area contributed by atoms with Crippen molar-refractivity contribution in [3.05, 3.63) is 0 Å². The van der Waals surface area contributed by atoms with Gasteiger partial charge in [-0.15, -0.1) is 0 Å². The van der Waals surface area contributed by atoms with Gasteiger partial charge in [0.25, 0.3) is 0 Å². The van der Waals surface area contributed by atoms with Crippen molar-refractivity contribution >= 4 is 0 Å². The fourth-order valence-electron chi connectivity index (χ4n) is 1.06. The van der Waals surface area contributed by atoms with Crippen LogP contribution < -0.4 is 0 Å². The molecule has 0 unspecified atom stereocenters. The summed E-state index contributed by atoms with van der Waals surface area (Å²) in [6.07, 6.45) is 4.52. The topological polar surface area (TPSA) is 19.9 Å². The van der Waals surface area contributed by atoms with Crippen molar-refractivity contribution in [2.75, 3.05) is 6.61 Å². The standard InChI is InChI=1S/C9H19O/c1-4-5-6-9(2,3)7-8-10/h4-8H2,1-3H3. The SMILES string of the molecule is CCCCC(C)(C)CC[O]. The Morgan fingerprint density at radius 2 is 1.80 bits per heavy atom. The van der Waals surface area contributed by atoms with Gasteiger partial charge in [0.2, 0.25) is 0 Å². The molecule has 0 rings (SSSR count). The first-order valence-electron chi connectivity index (χ1n) is 4.20. The predicted molar refractivity (Wildman–Crippen MR) is 43.5 cm³/mol. The highest BCUT2D eigenvalue weighted by atomic mass is 16.3. The smallest absolute Gasteiger partial charge is 0.0827 e. The quantitative estimate of drug-likeness (QED) is 0.563.